The third-order valence-electron chi connectivity index (χ3n) is 9.64. The highest BCUT2D eigenvalue weighted by atomic mass is 19.4. The van der Waals surface area contributed by atoms with Gasteiger partial charge in [0.25, 0.3) is 0 Å². The number of hydrogen-bond donors (Lipinski definition) is 2. The van der Waals surface area contributed by atoms with Crippen molar-refractivity contribution in [2.75, 3.05) is 10.6 Å². The molecule has 0 aliphatic heterocycles. The van der Waals surface area contributed by atoms with Gasteiger partial charge in [0.15, 0.2) is 0 Å². The maximum Gasteiger partial charge on any atom is 0.416 e. The van der Waals surface area contributed by atoms with Crippen molar-refractivity contribution in [3.05, 3.63) is 139 Å². The monoisotopic (exact) mass is 788 g/mol. The molecular weight excluding hydrogens is 756 g/mol. The SMILES string of the molecule is FC(F)(F)c1ccc(Nc2cncc(-c3cccc4nc(C5CC5)cn34)n2)cc1.FC(F)Oc1ccc(Nc2cncc(-c3cccc4nc(C5CC5)cn34)n2)cc1. The second-order valence-electron chi connectivity index (χ2n) is 14.0. The lowest BCUT2D eigenvalue weighted by molar-refractivity contribution is -0.137. The van der Waals surface area contributed by atoms with E-state index in [0.717, 1.165) is 46.2 Å². The number of aromatic nitrogens is 8. The number of rotatable bonds is 10. The van der Waals surface area contributed by atoms with Gasteiger partial charge in [-0.25, -0.2) is 19.9 Å². The fourth-order valence-electron chi connectivity index (χ4n) is 6.49. The number of imidazole rings is 2. The van der Waals surface area contributed by atoms with Crippen LogP contribution in [0.15, 0.2) is 122 Å². The number of halogens is 5. The van der Waals surface area contributed by atoms with Crippen LogP contribution in [0.4, 0.5) is 45.0 Å². The molecule has 0 amide bonds. The summed E-state index contributed by atoms with van der Waals surface area (Å²) in [6, 6.07) is 22.8. The van der Waals surface area contributed by atoms with Gasteiger partial charge in [-0.2, -0.15) is 22.0 Å². The van der Waals surface area contributed by atoms with Crippen molar-refractivity contribution in [2.24, 2.45) is 0 Å². The minimum absolute atomic E-state index is 0.101. The lowest BCUT2D eigenvalue weighted by Gasteiger charge is -2.10. The Morgan fingerprint density at radius 1 is 0.586 bits per heavy atom. The summed E-state index contributed by atoms with van der Waals surface area (Å²) in [6.45, 7) is -2.84. The molecule has 0 atom stereocenters. The summed E-state index contributed by atoms with van der Waals surface area (Å²) < 4.78 is 71.1. The Morgan fingerprint density at radius 2 is 1.05 bits per heavy atom. The Balaban J connectivity index is 0.000000150. The largest absolute Gasteiger partial charge is 0.435 e. The highest BCUT2D eigenvalue weighted by molar-refractivity contribution is 5.65. The van der Waals surface area contributed by atoms with Crippen LogP contribution in [0.5, 0.6) is 5.75 Å². The lowest BCUT2D eigenvalue weighted by Crippen LogP contribution is -2.04. The standard InChI is InChI=1S/C21H16F3N5.C21H17F2N5O/c22-21(23,24)14-6-8-15(9-7-14)26-19-11-25-10-16(27-19)18-2-1-3-20-28-17(12-29(18)20)13-4-5-13;22-21(23)29-15-8-6-14(7-9-15)25-19-11-24-10-16(26-19)18-2-1-3-20-27-17(12-28(18)20)13-4-5-13/h1-3,6-13H,4-5H2,(H,26,27);1-3,6-13,21H,4-5H2,(H,25,26). The first kappa shape index (κ1) is 36.7. The Morgan fingerprint density at radius 3 is 1.48 bits per heavy atom. The molecule has 0 spiro atoms. The third-order valence-corrected chi connectivity index (χ3v) is 9.64. The predicted molar refractivity (Wildman–Crippen MR) is 207 cm³/mol. The average molecular weight is 789 g/mol. The Hall–Kier alpha value is -6.97. The van der Waals surface area contributed by atoms with E-state index in [-0.39, 0.29) is 5.75 Å². The zero-order chi connectivity index (χ0) is 39.8. The molecule has 0 bridgehead atoms. The Labute approximate surface area is 327 Å². The van der Waals surface area contributed by atoms with Gasteiger partial charge in [-0.15, -0.1) is 0 Å². The van der Waals surface area contributed by atoms with Gasteiger partial charge in [-0.1, -0.05) is 12.1 Å². The molecule has 2 aromatic carbocycles. The first-order valence-corrected chi connectivity index (χ1v) is 18.5. The summed E-state index contributed by atoms with van der Waals surface area (Å²) >= 11 is 0. The van der Waals surface area contributed by atoms with Gasteiger partial charge in [0.1, 0.15) is 40.1 Å². The molecule has 2 fully saturated rings. The summed E-state index contributed by atoms with van der Waals surface area (Å²) in [5.74, 6) is 2.20. The maximum absolute atomic E-state index is 12.7. The van der Waals surface area contributed by atoms with E-state index in [1.54, 1.807) is 30.7 Å². The number of hydrogen-bond acceptors (Lipinski definition) is 9. The van der Waals surface area contributed by atoms with Crippen molar-refractivity contribution in [2.45, 2.75) is 50.3 Å². The molecule has 2 N–H and O–H groups in total. The van der Waals surface area contributed by atoms with Gasteiger partial charge in [-0.05, 0) is 98.5 Å². The highest BCUT2D eigenvalue weighted by Gasteiger charge is 2.30. The lowest BCUT2D eigenvalue weighted by atomic mass is 10.2. The molecule has 0 radical (unpaired) electrons. The van der Waals surface area contributed by atoms with Crippen LogP contribution in [0.1, 0.15) is 54.5 Å². The van der Waals surface area contributed by atoms with Gasteiger partial charge in [0.05, 0.1) is 53.1 Å². The predicted octanol–water partition coefficient (Wildman–Crippen LogP) is 10.4. The van der Waals surface area contributed by atoms with E-state index in [1.165, 1.54) is 56.1 Å². The zero-order valence-electron chi connectivity index (χ0n) is 30.5. The summed E-state index contributed by atoms with van der Waals surface area (Å²) in [7, 11) is 0. The fraction of sp³-hybridized carbons (Fsp3) is 0.190. The molecule has 0 saturated heterocycles. The van der Waals surface area contributed by atoms with Gasteiger partial charge in [-0.3, -0.25) is 18.8 Å². The minimum Gasteiger partial charge on any atom is -0.435 e. The molecule has 58 heavy (non-hydrogen) atoms. The topological polar surface area (TPSA) is 119 Å². The van der Waals surface area contributed by atoms with Gasteiger partial charge in [0.2, 0.25) is 0 Å². The van der Waals surface area contributed by atoms with E-state index in [9.17, 15) is 22.0 Å². The molecule has 2 saturated carbocycles. The van der Waals surface area contributed by atoms with E-state index < -0.39 is 18.4 Å². The van der Waals surface area contributed by atoms with E-state index in [0.29, 0.717) is 46.2 Å². The third kappa shape index (κ3) is 8.26. The first-order chi connectivity index (χ1) is 28.1. The fourth-order valence-corrected chi connectivity index (χ4v) is 6.49. The molecule has 11 nitrogen and oxygen atoms in total. The van der Waals surface area contributed by atoms with Crippen LogP contribution < -0.4 is 15.4 Å². The molecule has 0 unspecified atom stereocenters. The van der Waals surface area contributed by atoms with Gasteiger partial charge >= 0.3 is 12.8 Å². The molecular formula is C42H33F5N10O. The second kappa shape index (κ2) is 15.2. The van der Waals surface area contributed by atoms with Crippen LogP contribution in [0, 0.1) is 0 Å². The van der Waals surface area contributed by atoms with Crippen LogP contribution in [0.2, 0.25) is 0 Å². The van der Waals surface area contributed by atoms with E-state index >= 15 is 0 Å². The number of anilines is 4. The van der Waals surface area contributed by atoms with Crippen molar-refractivity contribution in [1.82, 2.24) is 38.7 Å². The van der Waals surface area contributed by atoms with Crippen LogP contribution in [-0.2, 0) is 6.18 Å². The number of benzene rings is 2. The van der Waals surface area contributed by atoms with Gasteiger partial charge < -0.3 is 15.4 Å². The molecule has 292 valence electrons. The smallest absolute Gasteiger partial charge is 0.416 e. The van der Waals surface area contributed by atoms with E-state index in [4.69, 9.17) is 4.98 Å². The summed E-state index contributed by atoms with van der Waals surface area (Å²) in [6.07, 6.45) is 11.0. The molecule has 16 heteroatoms. The van der Waals surface area contributed by atoms with Crippen LogP contribution in [0.25, 0.3) is 34.1 Å². The number of nitrogens with zero attached hydrogens (tertiary/aromatic N) is 8. The normalized spacial score (nSPS) is 14.0. The number of fused-ring (bicyclic) bond motifs is 2. The molecule has 8 aromatic rings. The van der Waals surface area contributed by atoms with Crippen LogP contribution in [0.3, 0.4) is 0 Å². The number of nitrogens with one attached hydrogen (secondary N) is 2. The summed E-state index contributed by atoms with van der Waals surface area (Å²) in [5, 5.41) is 6.14. The average Bonchev–Trinajstić information content (AvgIpc) is 4.16. The van der Waals surface area contributed by atoms with Crippen molar-refractivity contribution in [3.63, 3.8) is 0 Å². The number of alkyl halides is 5. The molecule has 6 heterocycles. The number of pyridine rings is 2. The van der Waals surface area contributed by atoms with Crippen molar-refractivity contribution >= 4 is 34.3 Å². The highest BCUT2D eigenvalue weighted by Crippen LogP contribution is 2.41. The van der Waals surface area contributed by atoms with E-state index in [1.807, 2.05) is 51.4 Å². The zero-order valence-corrected chi connectivity index (χ0v) is 30.5. The second-order valence-corrected chi connectivity index (χ2v) is 14.0. The minimum atomic E-state index is -4.36. The number of ether oxygens (including phenoxy) is 1. The molecule has 10 rings (SSSR count). The van der Waals surface area contributed by atoms with Crippen molar-refractivity contribution in [3.8, 4) is 28.5 Å². The molecule has 2 aliphatic rings. The first-order valence-electron chi connectivity index (χ1n) is 18.5. The van der Waals surface area contributed by atoms with Crippen LogP contribution >= 0.6 is 0 Å². The van der Waals surface area contributed by atoms with Crippen LogP contribution in [-0.4, -0.2) is 45.3 Å². The molecule has 6 aromatic heterocycles. The van der Waals surface area contributed by atoms with Crippen molar-refractivity contribution < 1.29 is 26.7 Å². The quantitative estimate of drug-likeness (QED) is 0.131. The summed E-state index contributed by atoms with van der Waals surface area (Å²) in [4.78, 5) is 27.2. The van der Waals surface area contributed by atoms with E-state index in [2.05, 4.69) is 46.5 Å². The van der Waals surface area contributed by atoms with Gasteiger partial charge in [0, 0.05) is 35.6 Å². The Kier molecular flexibility index (Phi) is 9.59. The summed E-state index contributed by atoms with van der Waals surface area (Å²) in [5.41, 5.74) is 7.55. The van der Waals surface area contributed by atoms with Crippen molar-refractivity contribution in [1.29, 1.82) is 0 Å². The maximum atomic E-state index is 12.7. The molecule has 2 aliphatic carbocycles. The Bertz CT molecular complexity index is 2710.